The summed E-state index contributed by atoms with van der Waals surface area (Å²) in [5.74, 6) is 0.867. The highest BCUT2D eigenvalue weighted by atomic mass is 16.5. The average molecular weight is 287 g/mol. The van der Waals surface area contributed by atoms with Crippen molar-refractivity contribution in [3.05, 3.63) is 29.8 Å². The van der Waals surface area contributed by atoms with Crippen LogP contribution in [0.1, 0.15) is 24.3 Å². The number of carboxylic acid groups (broad SMARTS) is 1. The van der Waals surface area contributed by atoms with E-state index in [1.165, 1.54) is 0 Å². The predicted molar refractivity (Wildman–Crippen MR) is 72.6 cm³/mol. The van der Waals surface area contributed by atoms with Gasteiger partial charge in [-0.2, -0.15) is 4.90 Å². The van der Waals surface area contributed by atoms with E-state index in [4.69, 9.17) is 16.3 Å². The Balaban J connectivity index is 2.18. The molecule has 0 saturated carbocycles. The summed E-state index contributed by atoms with van der Waals surface area (Å²) in [5, 5.41) is 8.93. The van der Waals surface area contributed by atoms with E-state index >= 15 is 0 Å². The van der Waals surface area contributed by atoms with Gasteiger partial charge in [0.25, 0.3) is 0 Å². The van der Waals surface area contributed by atoms with Crippen LogP contribution in [0.2, 0.25) is 0 Å². The first kappa shape index (κ1) is 14.6. The lowest BCUT2D eigenvalue weighted by Gasteiger charge is -2.27. The van der Waals surface area contributed by atoms with Gasteiger partial charge in [0.1, 0.15) is 12.4 Å². The number of hydrogen-bond donors (Lipinski definition) is 1. The third-order valence-corrected chi connectivity index (χ3v) is 3.21. The molecule has 2 rings (SSSR count). The number of amides is 3. The molecule has 1 N–H and O–H groups in total. The summed E-state index contributed by atoms with van der Waals surface area (Å²) in [6.07, 6.45) is 3.87. The molecule has 1 unspecified atom stereocenters. The maximum absolute atomic E-state index is 12.1. The maximum Gasteiger partial charge on any atom is 0.421 e. The van der Waals surface area contributed by atoms with Gasteiger partial charge in [0.05, 0.1) is 5.92 Å². The van der Waals surface area contributed by atoms with Crippen molar-refractivity contribution in [3.63, 3.8) is 0 Å². The Morgan fingerprint density at radius 3 is 2.62 bits per heavy atom. The van der Waals surface area contributed by atoms with Crippen molar-refractivity contribution in [2.24, 2.45) is 0 Å². The Morgan fingerprint density at radius 1 is 1.38 bits per heavy atom. The molecule has 1 atom stereocenters. The van der Waals surface area contributed by atoms with Crippen molar-refractivity contribution >= 4 is 17.9 Å². The monoisotopic (exact) mass is 287 g/mol. The lowest BCUT2D eigenvalue weighted by molar-refractivity contribution is -0.146. The van der Waals surface area contributed by atoms with Gasteiger partial charge < -0.3 is 9.84 Å². The number of piperidine rings is 1. The Kier molecular flexibility index (Phi) is 4.24. The molecule has 1 fully saturated rings. The fourth-order valence-corrected chi connectivity index (χ4v) is 2.21. The highest BCUT2D eigenvalue weighted by Crippen LogP contribution is 2.30. The first-order valence-corrected chi connectivity index (χ1v) is 6.30. The van der Waals surface area contributed by atoms with Crippen LogP contribution in [-0.4, -0.2) is 34.5 Å². The Bertz CT molecular complexity index is 614. The molecule has 6 heteroatoms. The van der Waals surface area contributed by atoms with Crippen LogP contribution in [0.15, 0.2) is 24.3 Å². The molecule has 3 amide bonds. The van der Waals surface area contributed by atoms with Crippen LogP contribution in [0.3, 0.4) is 0 Å². The molecule has 0 spiro atoms. The second-order valence-electron chi connectivity index (χ2n) is 4.50. The number of terminal acetylenes is 1. The van der Waals surface area contributed by atoms with Crippen LogP contribution in [0, 0.1) is 12.3 Å². The van der Waals surface area contributed by atoms with Gasteiger partial charge in [-0.3, -0.25) is 9.59 Å². The zero-order chi connectivity index (χ0) is 15.4. The topological polar surface area (TPSA) is 83.9 Å². The van der Waals surface area contributed by atoms with Crippen molar-refractivity contribution < 1.29 is 24.2 Å². The van der Waals surface area contributed by atoms with E-state index < -0.39 is 23.8 Å². The molecule has 1 aromatic carbocycles. The van der Waals surface area contributed by atoms with Gasteiger partial charge in [-0.15, -0.1) is 6.42 Å². The molecular weight excluding hydrogens is 274 g/mol. The van der Waals surface area contributed by atoms with Crippen molar-refractivity contribution in [1.29, 1.82) is 0 Å². The normalized spacial score (nSPS) is 18.2. The molecule has 1 heterocycles. The molecule has 6 nitrogen and oxygen atoms in total. The first-order chi connectivity index (χ1) is 10.0. The minimum Gasteiger partial charge on any atom is -0.481 e. The molecule has 1 saturated heterocycles. The number of rotatable bonds is 3. The largest absolute Gasteiger partial charge is 0.481 e. The van der Waals surface area contributed by atoms with Gasteiger partial charge in [0.15, 0.2) is 0 Å². The second kappa shape index (κ2) is 6.09. The van der Waals surface area contributed by atoms with Crippen molar-refractivity contribution in [3.8, 4) is 18.1 Å². The molecule has 1 aliphatic rings. The van der Waals surface area contributed by atoms with Gasteiger partial charge in [0.2, 0.25) is 11.8 Å². The number of carbonyl (C=O) groups excluding carboxylic acids is 2. The molecule has 0 radical (unpaired) electrons. The molecule has 108 valence electrons. The second-order valence-corrected chi connectivity index (χ2v) is 4.50. The van der Waals surface area contributed by atoms with Crippen molar-refractivity contribution in [1.82, 2.24) is 4.90 Å². The van der Waals surface area contributed by atoms with Crippen LogP contribution in [0.4, 0.5) is 4.79 Å². The quantitative estimate of drug-likeness (QED) is 0.674. The SMILES string of the molecule is C#CCOc1ccc(C2CCC(=O)N(C(=O)O)C2=O)cc1. The number of imide groups is 3. The van der Waals surface area contributed by atoms with E-state index in [9.17, 15) is 14.4 Å². The predicted octanol–water partition coefficient (Wildman–Crippen LogP) is 1.61. The number of nitrogens with zero attached hydrogens (tertiary/aromatic N) is 1. The van der Waals surface area contributed by atoms with Crippen LogP contribution < -0.4 is 4.74 Å². The Labute approximate surface area is 121 Å². The summed E-state index contributed by atoms with van der Waals surface area (Å²) in [5.41, 5.74) is 0.645. The van der Waals surface area contributed by atoms with E-state index in [1.54, 1.807) is 24.3 Å². The van der Waals surface area contributed by atoms with Gasteiger partial charge in [-0.25, -0.2) is 4.79 Å². The summed E-state index contributed by atoms with van der Waals surface area (Å²) < 4.78 is 5.22. The molecule has 0 aliphatic carbocycles. The minimum atomic E-state index is -1.54. The lowest BCUT2D eigenvalue weighted by Crippen LogP contribution is -2.47. The number of carbonyl (C=O) groups is 3. The van der Waals surface area contributed by atoms with Gasteiger partial charge in [0, 0.05) is 6.42 Å². The van der Waals surface area contributed by atoms with Gasteiger partial charge in [-0.05, 0) is 24.1 Å². The van der Waals surface area contributed by atoms with Crippen LogP contribution in [0.25, 0.3) is 0 Å². The summed E-state index contributed by atoms with van der Waals surface area (Å²) >= 11 is 0. The van der Waals surface area contributed by atoms with Crippen LogP contribution in [0.5, 0.6) is 5.75 Å². The van der Waals surface area contributed by atoms with Crippen LogP contribution in [-0.2, 0) is 9.59 Å². The summed E-state index contributed by atoms with van der Waals surface area (Å²) in [6, 6.07) is 6.65. The van der Waals surface area contributed by atoms with E-state index in [2.05, 4.69) is 5.92 Å². The van der Waals surface area contributed by atoms with Crippen LogP contribution >= 0.6 is 0 Å². The fourth-order valence-electron chi connectivity index (χ4n) is 2.21. The smallest absolute Gasteiger partial charge is 0.421 e. The number of likely N-dealkylation sites (tertiary alicyclic amines) is 1. The molecule has 0 aromatic heterocycles. The fraction of sp³-hybridized carbons (Fsp3) is 0.267. The molecule has 1 aromatic rings. The first-order valence-electron chi connectivity index (χ1n) is 6.30. The maximum atomic E-state index is 12.1. The van der Waals surface area contributed by atoms with E-state index in [1.807, 2.05) is 0 Å². The zero-order valence-electron chi connectivity index (χ0n) is 11.1. The highest BCUT2D eigenvalue weighted by molar-refractivity contribution is 6.11. The number of benzene rings is 1. The van der Waals surface area contributed by atoms with Crippen molar-refractivity contribution in [2.45, 2.75) is 18.8 Å². The minimum absolute atomic E-state index is 0.0258. The Morgan fingerprint density at radius 2 is 2.05 bits per heavy atom. The summed E-state index contributed by atoms with van der Waals surface area (Å²) in [7, 11) is 0. The van der Waals surface area contributed by atoms with Gasteiger partial charge >= 0.3 is 6.09 Å². The third kappa shape index (κ3) is 3.03. The standard InChI is InChI=1S/C15H13NO5/c1-2-9-21-11-5-3-10(4-6-11)12-7-8-13(17)16(14(12)18)15(19)20/h1,3-6,12H,7-9H2,(H,19,20). The number of ether oxygens (including phenoxy) is 1. The molecule has 0 bridgehead atoms. The van der Waals surface area contributed by atoms with Crippen molar-refractivity contribution in [2.75, 3.05) is 6.61 Å². The molecular formula is C15H13NO5. The number of hydrogen-bond acceptors (Lipinski definition) is 4. The van der Waals surface area contributed by atoms with Gasteiger partial charge in [-0.1, -0.05) is 18.1 Å². The van der Waals surface area contributed by atoms with E-state index in [0.29, 0.717) is 17.7 Å². The average Bonchev–Trinajstić information content (AvgIpc) is 2.46. The summed E-state index contributed by atoms with van der Waals surface area (Å²) in [6.45, 7) is 0.142. The summed E-state index contributed by atoms with van der Waals surface area (Å²) in [4.78, 5) is 34.8. The van der Waals surface area contributed by atoms with E-state index in [0.717, 1.165) is 0 Å². The molecule has 1 aliphatic heterocycles. The zero-order valence-corrected chi connectivity index (χ0v) is 11.1. The lowest BCUT2D eigenvalue weighted by atomic mass is 9.89. The van der Waals surface area contributed by atoms with E-state index in [-0.39, 0.29) is 17.9 Å². The Hall–Kier alpha value is -2.81. The highest BCUT2D eigenvalue weighted by Gasteiger charge is 2.39. The molecule has 21 heavy (non-hydrogen) atoms. The third-order valence-electron chi connectivity index (χ3n) is 3.21.